The van der Waals surface area contributed by atoms with E-state index in [4.69, 9.17) is 18.9 Å². The minimum Gasteiger partial charge on any atom is -0.463 e. The summed E-state index contributed by atoms with van der Waals surface area (Å²) >= 11 is 0. The molecule has 1 aliphatic heterocycles. The van der Waals surface area contributed by atoms with Crippen molar-refractivity contribution in [2.24, 2.45) is 0 Å². The lowest BCUT2D eigenvalue weighted by molar-refractivity contribution is -0.166. The van der Waals surface area contributed by atoms with Gasteiger partial charge in [-0.1, -0.05) is 0 Å². The first kappa shape index (κ1) is 18.8. The Morgan fingerprint density at radius 2 is 1.64 bits per heavy atom. The third-order valence-electron chi connectivity index (χ3n) is 3.49. The molecule has 1 saturated heterocycles. The van der Waals surface area contributed by atoms with Gasteiger partial charge in [0, 0.05) is 20.8 Å². The van der Waals surface area contributed by atoms with Gasteiger partial charge >= 0.3 is 17.9 Å². The van der Waals surface area contributed by atoms with Crippen LogP contribution in [0, 0.1) is 13.8 Å². The van der Waals surface area contributed by atoms with Gasteiger partial charge < -0.3 is 18.9 Å². The van der Waals surface area contributed by atoms with E-state index in [0.717, 1.165) is 0 Å². The first-order valence-corrected chi connectivity index (χ1v) is 7.72. The van der Waals surface area contributed by atoms with Crippen LogP contribution < -0.4 is 0 Å². The van der Waals surface area contributed by atoms with Crippen molar-refractivity contribution >= 4 is 17.9 Å². The number of carbonyl (C=O) groups is 3. The molecular weight excluding hydrogens is 334 g/mol. The summed E-state index contributed by atoms with van der Waals surface area (Å²) in [6.07, 6.45) is -3.59. The second-order valence-corrected chi connectivity index (χ2v) is 5.67. The minimum atomic E-state index is -0.957. The van der Waals surface area contributed by atoms with Crippen LogP contribution in [0.2, 0.25) is 0 Å². The molecule has 0 spiro atoms. The lowest BCUT2D eigenvalue weighted by atomic mass is 10.1. The molecule has 0 radical (unpaired) electrons. The number of carbonyl (C=O) groups excluding carboxylic acids is 3. The van der Waals surface area contributed by atoms with Crippen molar-refractivity contribution in [3.63, 3.8) is 0 Å². The van der Waals surface area contributed by atoms with E-state index in [2.05, 4.69) is 10.1 Å². The summed E-state index contributed by atoms with van der Waals surface area (Å²) in [7, 11) is 0. The molecule has 1 aromatic rings. The molecule has 1 aliphatic rings. The average molecular weight is 355 g/mol. The van der Waals surface area contributed by atoms with E-state index in [1.807, 2.05) is 0 Å². The zero-order valence-corrected chi connectivity index (χ0v) is 14.7. The Hall–Kier alpha value is -2.49. The van der Waals surface area contributed by atoms with E-state index >= 15 is 0 Å². The summed E-state index contributed by atoms with van der Waals surface area (Å²) in [5, 5.41) is 4.23. The lowest BCUT2D eigenvalue weighted by Gasteiger charge is -2.23. The van der Waals surface area contributed by atoms with Gasteiger partial charge in [-0.2, -0.15) is 5.10 Å². The largest absolute Gasteiger partial charge is 0.463 e. The van der Waals surface area contributed by atoms with E-state index in [9.17, 15) is 14.4 Å². The summed E-state index contributed by atoms with van der Waals surface area (Å²) in [5.41, 5.74) is 0. The topological polar surface area (TPSA) is 119 Å². The lowest BCUT2D eigenvalue weighted by Crippen LogP contribution is -2.40. The predicted octanol–water partition coefficient (Wildman–Crippen LogP) is 0.219. The van der Waals surface area contributed by atoms with Gasteiger partial charge in [0.05, 0.1) is 0 Å². The molecule has 4 atom stereocenters. The molecule has 0 aromatic carbocycles. The minimum absolute atomic E-state index is 0.158. The molecule has 1 fully saturated rings. The highest BCUT2D eigenvalue weighted by Gasteiger charge is 2.51. The van der Waals surface area contributed by atoms with Crippen molar-refractivity contribution in [3.05, 3.63) is 11.6 Å². The second-order valence-electron chi connectivity index (χ2n) is 5.67. The third kappa shape index (κ3) is 4.53. The van der Waals surface area contributed by atoms with Crippen molar-refractivity contribution in [2.45, 2.75) is 59.2 Å². The highest BCUT2D eigenvalue weighted by molar-refractivity contribution is 5.67. The maximum Gasteiger partial charge on any atom is 0.303 e. The van der Waals surface area contributed by atoms with Gasteiger partial charge in [0.25, 0.3) is 0 Å². The highest BCUT2D eigenvalue weighted by atomic mass is 16.7. The number of aryl methyl sites for hydroxylation is 2. The molecule has 4 unspecified atom stereocenters. The maximum absolute atomic E-state index is 11.5. The first-order chi connectivity index (χ1) is 11.7. The Morgan fingerprint density at radius 3 is 2.12 bits per heavy atom. The first-order valence-electron chi connectivity index (χ1n) is 7.72. The Kier molecular flexibility index (Phi) is 5.73. The van der Waals surface area contributed by atoms with E-state index < -0.39 is 42.4 Å². The number of hydrogen-bond acceptors (Lipinski definition) is 9. The summed E-state index contributed by atoms with van der Waals surface area (Å²) in [5.74, 6) is -0.612. The zero-order valence-electron chi connectivity index (χ0n) is 14.7. The van der Waals surface area contributed by atoms with Gasteiger partial charge in [-0.25, -0.2) is 9.67 Å². The number of rotatable bonds is 5. The van der Waals surface area contributed by atoms with Crippen LogP contribution in [0.15, 0.2) is 0 Å². The molecular formula is C15H21N3O7. The highest BCUT2D eigenvalue weighted by Crippen LogP contribution is 2.34. The maximum atomic E-state index is 11.5. The van der Waals surface area contributed by atoms with Crippen molar-refractivity contribution in [1.82, 2.24) is 14.8 Å². The number of nitrogens with zero attached hydrogens (tertiary/aromatic N) is 3. The number of esters is 3. The quantitative estimate of drug-likeness (QED) is 0.539. The fraction of sp³-hybridized carbons (Fsp3) is 0.667. The SMILES string of the molecule is CC(=O)OCC1OC(n2nc(C)nc2C)C(OC(C)=O)C1OC(C)=O. The van der Waals surface area contributed by atoms with E-state index in [0.29, 0.717) is 11.6 Å². The van der Waals surface area contributed by atoms with Crippen LogP contribution in [0.3, 0.4) is 0 Å². The average Bonchev–Trinajstić information content (AvgIpc) is 2.96. The molecule has 10 heteroatoms. The second kappa shape index (κ2) is 7.60. The van der Waals surface area contributed by atoms with E-state index in [1.54, 1.807) is 13.8 Å². The Labute approximate surface area is 144 Å². The molecule has 0 aliphatic carbocycles. The van der Waals surface area contributed by atoms with Crippen LogP contribution in [-0.2, 0) is 33.3 Å². The van der Waals surface area contributed by atoms with Crippen molar-refractivity contribution in [1.29, 1.82) is 0 Å². The normalized spacial score (nSPS) is 25.5. The van der Waals surface area contributed by atoms with Crippen LogP contribution >= 0.6 is 0 Å². The summed E-state index contributed by atoms with van der Waals surface area (Å²) in [6, 6.07) is 0. The van der Waals surface area contributed by atoms with Crippen molar-refractivity contribution in [2.75, 3.05) is 6.61 Å². The smallest absolute Gasteiger partial charge is 0.303 e. The van der Waals surface area contributed by atoms with E-state index in [-0.39, 0.29) is 6.61 Å². The molecule has 1 aromatic heterocycles. The zero-order chi connectivity index (χ0) is 18.7. The molecule has 0 amide bonds. The standard InChI is InChI=1S/C15H21N3O7/c1-7-16-8(2)18(17-7)15-14(24-11(5)21)13(23-10(4)20)12(25-15)6-22-9(3)19/h12-15H,6H2,1-5H3. The molecule has 0 bridgehead atoms. The molecule has 138 valence electrons. The van der Waals surface area contributed by atoms with Gasteiger partial charge in [-0.05, 0) is 13.8 Å². The third-order valence-corrected chi connectivity index (χ3v) is 3.49. The van der Waals surface area contributed by atoms with Crippen LogP contribution in [0.5, 0.6) is 0 Å². The Bertz CT molecular complexity index is 672. The van der Waals surface area contributed by atoms with Gasteiger partial charge in [0.2, 0.25) is 0 Å². The van der Waals surface area contributed by atoms with Crippen LogP contribution in [0.4, 0.5) is 0 Å². The fourth-order valence-corrected chi connectivity index (χ4v) is 2.67. The van der Waals surface area contributed by atoms with Crippen molar-refractivity contribution < 1.29 is 33.3 Å². The molecule has 2 heterocycles. The van der Waals surface area contributed by atoms with Gasteiger partial charge in [0.1, 0.15) is 24.4 Å². The summed E-state index contributed by atoms with van der Waals surface area (Å²) < 4.78 is 22.9. The molecule has 2 rings (SSSR count). The van der Waals surface area contributed by atoms with Crippen LogP contribution in [-0.4, -0.2) is 57.6 Å². The monoisotopic (exact) mass is 355 g/mol. The molecule has 10 nitrogen and oxygen atoms in total. The number of aromatic nitrogens is 3. The number of ether oxygens (including phenoxy) is 4. The van der Waals surface area contributed by atoms with Gasteiger partial charge in [-0.3, -0.25) is 14.4 Å². The predicted molar refractivity (Wildman–Crippen MR) is 81.1 cm³/mol. The van der Waals surface area contributed by atoms with Crippen LogP contribution in [0.25, 0.3) is 0 Å². The summed E-state index contributed by atoms with van der Waals surface area (Å²) in [4.78, 5) is 38.3. The molecule has 0 N–H and O–H groups in total. The van der Waals surface area contributed by atoms with Gasteiger partial charge in [-0.15, -0.1) is 0 Å². The summed E-state index contributed by atoms with van der Waals surface area (Å²) in [6.45, 7) is 6.98. The Balaban J connectivity index is 2.35. The number of hydrogen-bond donors (Lipinski definition) is 0. The molecule has 25 heavy (non-hydrogen) atoms. The van der Waals surface area contributed by atoms with Gasteiger partial charge in [0.15, 0.2) is 18.4 Å². The van der Waals surface area contributed by atoms with E-state index in [1.165, 1.54) is 25.5 Å². The Morgan fingerprint density at radius 1 is 1.04 bits per heavy atom. The fourth-order valence-electron chi connectivity index (χ4n) is 2.67. The van der Waals surface area contributed by atoms with Crippen molar-refractivity contribution in [3.8, 4) is 0 Å². The molecule has 0 saturated carbocycles. The van der Waals surface area contributed by atoms with Crippen LogP contribution in [0.1, 0.15) is 38.6 Å².